The van der Waals surface area contributed by atoms with Crippen LogP contribution in [-0.2, 0) is 13.0 Å². The lowest BCUT2D eigenvalue weighted by Gasteiger charge is -2.12. The topological polar surface area (TPSA) is 35.8 Å². The third-order valence-electron chi connectivity index (χ3n) is 2.99. The molecule has 2 nitrogen and oxygen atoms in total. The molecule has 0 atom stereocenters. The van der Waals surface area contributed by atoms with Gasteiger partial charge in [0.25, 0.3) is 0 Å². The molecule has 0 fully saturated rings. The maximum Gasteiger partial charge on any atom is 0.0670 e. The molecular weight excluding hydrogens is 220 g/mol. The first-order chi connectivity index (χ1) is 8.81. The van der Waals surface area contributed by atoms with E-state index >= 15 is 0 Å². The van der Waals surface area contributed by atoms with Crippen LogP contribution in [0, 0.1) is 18.3 Å². The smallest absolute Gasteiger partial charge is 0.0670 e. The van der Waals surface area contributed by atoms with E-state index < -0.39 is 0 Å². The zero-order chi connectivity index (χ0) is 12.8. The number of hydrogen-bond donors (Lipinski definition) is 1. The molecule has 2 rings (SSSR count). The Bertz CT molecular complexity index is 553. The lowest BCUT2D eigenvalue weighted by atomic mass is 10.0. The van der Waals surface area contributed by atoms with Gasteiger partial charge in [-0.15, -0.1) is 0 Å². The van der Waals surface area contributed by atoms with Crippen LogP contribution in [0.3, 0.4) is 0 Å². The van der Waals surface area contributed by atoms with Gasteiger partial charge in [-0.05, 0) is 29.7 Å². The number of aryl methyl sites for hydroxylation is 1. The van der Waals surface area contributed by atoms with Crippen molar-refractivity contribution >= 4 is 5.69 Å². The van der Waals surface area contributed by atoms with E-state index in [1.165, 1.54) is 5.56 Å². The highest BCUT2D eigenvalue weighted by Crippen LogP contribution is 2.20. The molecular formula is C16H16N2. The zero-order valence-corrected chi connectivity index (χ0v) is 10.5. The van der Waals surface area contributed by atoms with Crippen LogP contribution in [-0.4, -0.2) is 0 Å². The van der Waals surface area contributed by atoms with Gasteiger partial charge in [0, 0.05) is 12.2 Å². The van der Waals surface area contributed by atoms with Gasteiger partial charge in [-0.25, -0.2) is 0 Å². The van der Waals surface area contributed by atoms with E-state index in [0.29, 0.717) is 6.42 Å². The Kier molecular flexibility index (Phi) is 3.98. The molecule has 0 bridgehead atoms. The number of nitrogens with zero attached hydrogens (tertiary/aromatic N) is 1. The van der Waals surface area contributed by atoms with Gasteiger partial charge in [0.1, 0.15) is 0 Å². The molecule has 2 heteroatoms. The molecule has 1 N–H and O–H groups in total. The number of anilines is 1. The molecule has 0 unspecified atom stereocenters. The summed E-state index contributed by atoms with van der Waals surface area (Å²) in [5.74, 6) is 0. The van der Waals surface area contributed by atoms with E-state index in [2.05, 4.69) is 23.5 Å². The maximum atomic E-state index is 8.88. The monoisotopic (exact) mass is 236 g/mol. The molecule has 18 heavy (non-hydrogen) atoms. The van der Waals surface area contributed by atoms with Gasteiger partial charge in [-0.3, -0.25) is 0 Å². The molecule has 0 radical (unpaired) electrons. The predicted molar refractivity (Wildman–Crippen MR) is 74.3 cm³/mol. The largest absolute Gasteiger partial charge is 0.381 e. The van der Waals surface area contributed by atoms with Crippen LogP contribution in [0.2, 0.25) is 0 Å². The average Bonchev–Trinajstić information content (AvgIpc) is 2.41. The summed E-state index contributed by atoms with van der Waals surface area (Å²) < 4.78 is 0. The van der Waals surface area contributed by atoms with Crippen LogP contribution in [0.15, 0.2) is 48.5 Å². The first-order valence-electron chi connectivity index (χ1n) is 6.04. The highest BCUT2D eigenvalue weighted by molar-refractivity contribution is 5.55. The summed E-state index contributed by atoms with van der Waals surface area (Å²) in [4.78, 5) is 0. The molecule has 0 amide bonds. The summed E-state index contributed by atoms with van der Waals surface area (Å²) in [5.41, 5.74) is 4.55. The lowest BCUT2D eigenvalue weighted by molar-refractivity contribution is 1.12. The van der Waals surface area contributed by atoms with Gasteiger partial charge in [0.05, 0.1) is 12.5 Å². The van der Waals surface area contributed by atoms with Crippen LogP contribution in [0.25, 0.3) is 0 Å². The predicted octanol–water partition coefficient (Wildman–Crippen LogP) is 3.67. The summed E-state index contributed by atoms with van der Waals surface area (Å²) >= 11 is 0. The number of hydrogen-bond acceptors (Lipinski definition) is 2. The molecule has 0 aromatic heterocycles. The van der Waals surface area contributed by atoms with Crippen molar-refractivity contribution in [3.63, 3.8) is 0 Å². The van der Waals surface area contributed by atoms with E-state index in [1.54, 1.807) is 0 Å². The minimum absolute atomic E-state index is 0.448. The van der Waals surface area contributed by atoms with E-state index in [1.807, 2.05) is 43.3 Å². The zero-order valence-electron chi connectivity index (χ0n) is 10.5. The van der Waals surface area contributed by atoms with Crippen LogP contribution in [0.4, 0.5) is 5.69 Å². The van der Waals surface area contributed by atoms with Gasteiger partial charge in [0.15, 0.2) is 0 Å². The standard InChI is InChI=1S/C16H16N2/c1-13-6-5-9-16(15(13)10-11-17)18-12-14-7-3-2-4-8-14/h2-9,18H,10,12H2,1H3. The Morgan fingerprint density at radius 1 is 1.06 bits per heavy atom. The first-order valence-corrected chi connectivity index (χ1v) is 6.04. The fraction of sp³-hybridized carbons (Fsp3) is 0.188. The van der Waals surface area contributed by atoms with Crippen LogP contribution < -0.4 is 5.32 Å². The highest BCUT2D eigenvalue weighted by atomic mass is 14.9. The minimum Gasteiger partial charge on any atom is -0.381 e. The molecule has 0 heterocycles. The van der Waals surface area contributed by atoms with Crippen molar-refractivity contribution < 1.29 is 0 Å². The molecule has 2 aromatic rings. The van der Waals surface area contributed by atoms with Crippen molar-refractivity contribution in [3.05, 3.63) is 65.2 Å². The van der Waals surface area contributed by atoms with Crippen LogP contribution in [0.1, 0.15) is 16.7 Å². The summed E-state index contributed by atoms with van der Waals surface area (Å²) in [6, 6.07) is 18.6. The fourth-order valence-corrected chi connectivity index (χ4v) is 1.97. The molecule has 90 valence electrons. The third kappa shape index (κ3) is 2.89. The molecule has 0 spiro atoms. The number of nitrogens with one attached hydrogen (secondary N) is 1. The number of nitriles is 1. The average molecular weight is 236 g/mol. The van der Waals surface area contributed by atoms with Crippen molar-refractivity contribution in [1.82, 2.24) is 0 Å². The van der Waals surface area contributed by atoms with Gasteiger partial charge in [0.2, 0.25) is 0 Å². The van der Waals surface area contributed by atoms with E-state index in [0.717, 1.165) is 23.4 Å². The molecule has 2 aromatic carbocycles. The molecule has 0 aliphatic heterocycles. The molecule has 0 saturated heterocycles. The first kappa shape index (κ1) is 12.2. The second-order valence-electron chi connectivity index (χ2n) is 4.28. The Morgan fingerprint density at radius 3 is 2.56 bits per heavy atom. The summed E-state index contributed by atoms with van der Waals surface area (Å²) in [6.45, 7) is 2.82. The van der Waals surface area contributed by atoms with Gasteiger partial charge < -0.3 is 5.32 Å². The Hall–Kier alpha value is -2.27. The van der Waals surface area contributed by atoms with E-state index in [4.69, 9.17) is 5.26 Å². The van der Waals surface area contributed by atoms with Crippen molar-refractivity contribution in [2.45, 2.75) is 19.9 Å². The Balaban J connectivity index is 2.15. The van der Waals surface area contributed by atoms with Gasteiger partial charge in [-0.2, -0.15) is 5.26 Å². The minimum atomic E-state index is 0.448. The quantitative estimate of drug-likeness (QED) is 0.879. The second kappa shape index (κ2) is 5.88. The second-order valence-corrected chi connectivity index (χ2v) is 4.28. The number of rotatable bonds is 4. The van der Waals surface area contributed by atoms with Gasteiger partial charge in [-0.1, -0.05) is 42.5 Å². The third-order valence-corrected chi connectivity index (χ3v) is 2.99. The number of benzene rings is 2. The molecule has 0 aliphatic carbocycles. The summed E-state index contributed by atoms with van der Waals surface area (Å²) in [7, 11) is 0. The maximum absolute atomic E-state index is 8.88. The fourth-order valence-electron chi connectivity index (χ4n) is 1.97. The Labute approximate surface area is 108 Å². The van der Waals surface area contributed by atoms with Crippen LogP contribution in [0.5, 0.6) is 0 Å². The van der Waals surface area contributed by atoms with Crippen molar-refractivity contribution in [2.24, 2.45) is 0 Å². The SMILES string of the molecule is Cc1cccc(NCc2ccccc2)c1CC#N. The Morgan fingerprint density at radius 2 is 1.83 bits per heavy atom. The van der Waals surface area contributed by atoms with E-state index in [-0.39, 0.29) is 0 Å². The van der Waals surface area contributed by atoms with Gasteiger partial charge >= 0.3 is 0 Å². The van der Waals surface area contributed by atoms with Crippen molar-refractivity contribution in [2.75, 3.05) is 5.32 Å². The normalized spacial score (nSPS) is 9.78. The van der Waals surface area contributed by atoms with E-state index in [9.17, 15) is 0 Å². The summed E-state index contributed by atoms with van der Waals surface area (Å²) in [6.07, 6.45) is 0.448. The van der Waals surface area contributed by atoms with Crippen molar-refractivity contribution in [3.8, 4) is 6.07 Å². The summed E-state index contributed by atoms with van der Waals surface area (Å²) in [5, 5.41) is 12.3. The highest BCUT2D eigenvalue weighted by Gasteiger charge is 2.04. The lowest BCUT2D eigenvalue weighted by Crippen LogP contribution is -2.03. The van der Waals surface area contributed by atoms with Crippen LogP contribution >= 0.6 is 0 Å². The van der Waals surface area contributed by atoms with Crippen molar-refractivity contribution in [1.29, 1.82) is 5.26 Å². The molecule has 0 aliphatic rings. The molecule has 0 saturated carbocycles.